The first-order valence-electron chi connectivity index (χ1n) is 21.0. The molecule has 2 saturated heterocycles. The molecule has 0 spiro atoms. The third-order valence-electron chi connectivity index (χ3n) is 12.3. The number of aromatic amines is 2. The maximum absolute atomic E-state index is 14.1. The molecule has 2 aromatic heterocycles. The number of nitrogens with one attached hydrogen (secondary N) is 4. The van der Waals surface area contributed by atoms with E-state index >= 15 is 0 Å². The number of alkyl carbamates (subject to hydrolysis) is 2. The lowest BCUT2D eigenvalue weighted by atomic mass is 9.92. The molecular weight excluding hydrogens is 781 g/mol. The third-order valence-corrected chi connectivity index (χ3v) is 12.3. The van der Waals surface area contributed by atoms with Gasteiger partial charge in [-0.3, -0.25) is 9.59 Å². The van der Waals surface area contributed by atoms with Crippen LogP contribution in [0.5, 0.6) is 5.75 Å². The average Bonchev–Trinajstić information content (AvgIpc) is 4.09. The first kappa shape index (κ1) is 41.6. The van der Waals surface area contributed by atoms with Gasteiger partial charge in [-0.15, -0.1) is 0 Å². The number of amides is 4. The maximum atomic E-state index is 14.1. The van der Waals surface area contributed by atoms with Gasteiger partial charge in [0.05, 0.1) is 55.8 Å². The van der Waals surface area contributed by atoms with Gasteiger partial charge in [0, 0.05) is 37.1 Å². The van der Waals surface area contributed by atoms with Crippen molar-refractivity contribution >= 4 is 45.8 Å². The predicted octanol–water partition coefficient (Wildman–Crippen LogP) is 6.63. The fraction of sp³-hybridized carbons (Fsp3) is 0.467. The Hall–Kier alpha value is -6.16. The maximum Gasteiger partial charge on any atom is 0.407 e. The smallest absolute Gasteiger partial charge is 0.407 e. The van der Waals surface area contributed by atoms with Gasteiger partial charge in [-0.05, 0) is 77.4 Å². The number of H-pyrrole nitrogens is 2. The summed E-state index contributed by atoms with van der Waals surface area (Å²) in [5.41, 5.74) is 6.52. The van der Waals surface area contributed by atoms with Gasteiger partial charge in [-0.1, -0.05) is 45.9 Å². The number of hydrogen-bond acceptors (Lipinski definition) is 10. The lowest BCUT2D eigenvalue weighted by Gasteiger charge is -2.30. The summed E-state index contributed by atoms with van der Waals surface area (Å²) in [6, 6.07) is 12.5. The number of carbonyl (C=O) groups excluding carboxylic acids is 4. The summed E-state index contributed by atoms with van der Waals surface area (Å²) in [6.07, 6.45) is 2.78. The van der Waals surface area contributed by atoms with E-state index in [4.69, 9.17) is 28.9 Å². The molecule has 3 aromatic carbocycles. The molecular formula is C45H54N8O8. The van der Waals surface area contributed by atoms with Crippen molar-refractivity contribution in [2.45, 2.75) is 77.7 Å². The number of imidazole rings is 2. The summed E-state index contributed by atoms with van der Waals surface area (Å²) in [5, 5.41) is 7.40. The summed E-state index contributed by atoms with van der Waals surface area (Å²) in [4.78, 5) is 72.4. The number of carbonyl (C=O) groups is 4. The van der Waals surface area contributed by atoms with Gasteiger partial charge in [0.1, 0.15) is 36.1 Å². The van der Waals surface area contributed by atoms with Crippen LogP contribution in [0, 0.1) is 17.8 Å². The quantitative estimate of drug-likeness (QED) is 0.112. The first-order valence-corrected chi connectivity index (χ1v) is 21.0. The minimum atomic E-state index is -0.761. The zero-order chi connectivity index (χ0) is 43.1. The van der Waals surface area contributed by atoms with E-state index in [0.717, 1.165) is 68.3 Å². The number of methoxy groups -OCH3 is 3. The molecule has 2 unspecified atom stereocenters. The van der Waals surface area contributed by atoms with E-state index in [1.54, 1.807) is 18.2 Å². The summed E-state index contributed by atoms with van der Waals surface area (Å²) in [5.74, 6) is 1.62. The van der Waals surface area contributed by atoms with E-state index < -0.39 is 24.3 Å². The van der Waals surface area contributed by atoms with Crippen molar-refractivity contribution in [1.82, 2.24) is 40.4 Å². The number of rotatable bonds is 11. The molecule has 16 heteroatoms. The molecule has 2 fully saturated rings. The van der Waals surface area contributed by atoms with E-state index in [9.17, 15) is 19.2 Å². The molecule has 5 atom stereocenters. The molecule has 0 radical (unpaired) electrons. The molecule has 0 bridgehead atoms. The van der Waals surface area contributed by atoms with Crippen LogP contribution in [0.4, 0.5) is 9.59 Å². The lowest BCUT2D eigenvalue weighted by Crippen LogP contribution is -2.51. The van der Waals surface area contributed by atoms with Crippen LogP contribution in [0.2, 0.25) is 0 Å². The van der Waals surface area contributed by atoms with Crippen LogP contribution in [-0.2, 0) is 30.4 Å². The van der Waals surface area contributed by atoms with E-state index in [1.807, 2.05) is 38.7 Å². The molecule has 5 aromatic rings. The molecule has 4 amide bonds. The monoisotopic (exact) mass is 834 g/mol. The van der Waals surface area contributed by atoms with Crippen molar-refractivity contribution in [3.8, 4) is 28.1 Å². The number of fused-ring (bicyclic) bond motifs is 6. The van der Waals surface area contributed by atoms with Crippen LogP contribution < -0.4 is 15.4 Å². The second-order valence-corrected chi connectivity index (χ2v) is 17.0. The molecule has 8 rings (SSSR count). The van der Waals surface area contributed by atoms with Crippen molar-refractivity contribution in [2.75, 3.05) is 41.0 Å². The number of hydrogen-bond donors (Lipinski definition) is 4. The van der Waals surface area contributed by atoms with Crippen LogP contribution in [0.25, 0.3) is 44.2 Å². The van der Waals surface area contributed by atoms with Crippen molar-refractivity contribution in [3.05, 3.63) is 65.9 Å². The Bertz CT molecular complexity index is 2480. The molecule has 5 heterocycles. The minimum Gasteiger partial charge on any atom is -0.488 e. The normalized spacial score (nSPS) is 19.5. The Morgan fingerprint density at radius 3 is 2.26 bits per heavy atom. The van der Waals surface area contributed by atoms with Crippen LogP contribution in [0.15, 0.2) is 48.7 Å². The zero-order valence-electron chi connectivity index (χ0n) is 35.7. The predicted molar refractivity (Wildman–Crippen MR) is 227 cm³/mol. The molecule has 322 valence electrons. The Kier molecular flexibility index (Phi) is 11.6. The number of ether oxygens (including phenoxy) is 4. The molecule has 16 nitrogen and oxygen atoms in total. The largest absolute Gasteiger partial charge is 0.488 e. The molecule has 0 aliphatic carbocycles. The van der Waals surface area contributed by atoms with Gasteiger partial charge in [-0.2, -0.15) is 0 Å². The van der Waals surface area contributed by atoms with Crippen molar-refractivity contribution in [3.63, 3.8) is 0 Å². The summed E-state index contributed by atoms with van der Waals surface area (Å²) >= 11 is 0. The number of benzene rings is 3. The van der Waals surface area contributed by atoms with Gasteiger partial charge in [0.25, 0.3) is 0 Å². The Morgan fingerprint density at radius 2 is 1.57 bits per heavy atom. The number of aromatic nitrogens is 4. The minimum absolute atomic E-state index is 0.0975. The van der Waals surface area contributed by atoms with E-state index in [1.165, 1.54) is 14.2 Å². The van der Waals surface area contributed by atoms with Crippen LogP contribution in [-0.4, -0.2) is 107 Å². The van der Waals surface area contributed by atoms with Crippen LogP contribution in [0.1, 0.15) is 76.3 Å². The van der Waals surface area contributed by atoms with E-state index in [2.05, 4.69) is 57.0 Å². The van der Waals surface area contributed by atoms with Crippen molar-refractivity contribution < 1.29 is 38.1 Å². The standard InChI is InChI=1S/C45H54N8O8/c1-23(2)37(50-44(56)59-6)42(54)52-14-8-9-34(52)40-46-19-33(48-40)27-10-12-29-28(16-27)22-61-36-18-30-26(17-31(29)36)11-13-32-39(30)49-41(47-32)35-15-25(21-58-5)20-53(35)43(55)38(24(3)4)51-45(57)60-7/h10-13,16-19,23-25,34-35,37-38H,8-9,14-15,20-22H2,1-7H3,(H,46,48)(H,47,49)(H,50,56)(H,51,57)/t25?,34-,35-,37-,38?/m0/s1. The zero-order valence-corrected chi connectivity index (χ0v) is 35.7. The summed E-state index contributed by atoms with van der Waals surface area (Å²) in [6.45, 7) is 9.51. The highest BCUT2D eigenvalue weighted by atomic mass is 16.5. The highest BCUT2D eigenvalue weighted by Gasteiger charge is 2.42. The second kappa shape index (κ2) is 17.1. The third kappa shape index (κ3) is 7.96. The Balaban J connectivity index is 1.05. The second-order valence-electron chi connectivity index (χ2n) is 17.0. The van der Waals surface area contributed by atoms with Crippen molar-refractivity contribution in [1.29, 1.82) is 0 Å². The van der Waals surface area contributed by atoms with Gasteiger partial charge >= 0.3 is 12.2 Å². The SMILES string of the molecule is COCC1C[C@@H](c2nc3ccc4cc5c(cc4c3[nH]2)OCc2cc(-c3cnc([C@@H]4CCCN4C(=O)[C@@H](NC(=O)OC)C(C)C)[nH]3)ccc2-5)N(C(=O)C(NC(=O)OC)C(C)C)C1. The van der Waals surface area contributed by atoms with E-state index in [-0.39, 0.29) is 41.7 Å². The number of likely N-dealkylation sites (tertiary alicyclic amines) is 2. The first-order chi connectivity index (χ1) is 29.4. The molecule has 3 aliphatic heterocycles. The fourth-order valence-electron chi connectivity index (χ4n) is 9.14. The molecule has 3 aliphatic rings. The van der Waals surface area contributed by atoms with Crippen molar-refractivity contribution in [2.24, 2.45) is 17.8 Å². The molecule has 61 heavy (non-hydrogen) atoms. The van der Waals surface area contributed by atoms with Gasteiger partial charge in [0.2, 0.25) is 11.8 Å². The average molecular weight is 835 g/mol. The van der Waals surface area contributed by atoms with E-state index in [0.29, 0.717) is 44.4 Å². The van der Waals surface area contributed by atoms with Gasteiger partial charge < -0.3 is 49.3 Å². The fourth-order valence-corrected chi connectivity index (χ4v) is 9.14. The topological polar surface area (TPSA) is 193 Å². The highest BCUT2D eigenvalue weighted by molar-refractivity contribution is 6.07. The highest BCUT2D eigenvalue weighted by Crippen LogP contribution is 2.44. The lowest BCUT2D eigenvalue weighted by molar-refractivity contribution is -0.136. The molecule has 4 N–H and O–H groups in total. The van der Waals surface area contributed by atoms with Gasteiger partial charge in [0.15, 0.2) is 0 Å². The Morgan fingerprint density at radius 1 is 0.852 bits per heavy atom. The van der Waals surface area contributed by atoms with Crippen LogP contribution >= 0.6 is 0 Å². The van der Waals surface area contributed by atoms with Gasteiger partial charge in [-0.25, -0.2) is 19.6 Å². The Labute approximate surface area is 354 Å². The number of nitrogens with zero attached hydrogens (tertiary/aromatic N) is 4. The van der Waals surface area contributed by atoms with Crippen LogP contribution in [0.3, 0.4) is 0 Å². The molecule has 0 saturated carbocycles. The summed E-state index contributed by atoms with van der Waals surface area (Å²) < 4.78 is 21.5. The summed E-state index contributed by atoms with van der Waals surface area (Å²) in [7, 11) is 4.23.